The predicted molar refractivity (Wildman–Crippen MR) is 77.1 cm³/mol. The second kappa shape index (κ2) is 4.93. The standard InChI is InChI=1S/C15H25NOS/c1-11-12(2)18-13(16-11)10-15(17)7-5-6-14(3,4)8-9-15/h17H,5-10H2,1-4H3. The molecule has 1 aromatic rings. The van der Waals surface area contributed by atoms with Crippen LogP contribution in [0.1, 0.15) is 61.5 Å². The largest absolute Gasteiger partial charge is 0.389 e. The highest BCUT2D eigenvalue weighted by atomic mass is 32.1. The summed E-state index contributed by atoms with van der Waals surface area (Å²) < 4.78 is 0. The van der Waals surface area contributed by atoms with Gasteiger partial charge in [0.15, 0.2) is 0 Å². The van der Waals surface area contributed by atoms with Crippen molar-refractivity contribution < 1.29 is 5.11 Å². The minimum Gasteiger partial charge on any atom is -0.389 e. The number of nitrogens with zero attached hydrogens (tertiary/aromatic N) is 1. The van der Waals surface area contributed by atoms with Crippen LogP contribution in [0.4, 0.5) is 0 Å². The van der Waals surface area contributed by atoms with Crippen molar-refractivity contribution >= 4 is 11.3 Å². The average Bonchev–Trinajstić information content (AvgIpc) is 2.47. The van der Waals surface area contributed by atoms with Gasteiger partial charge in [0.2, 0.25) is 0 Å². The first-order valence-corrected chi connectivity index (χ1v) is 7.77. The molecule has 1 fully saturated rings. The van der Waals surface area contributed by atoms with Crippen LogP contribution in [0.3, 0.4) is 0 Å². The Morgan fingerprint density at radius 1 is 1.17 bits per heavy atom. The highest BCUT2D eigenvalue weighted by molar-refractivity contribution is 7.11. The van der Waals surface area contributed by atoms with Gasteiger partial charge in [-0.05, 0) is 44.9 Å². The van der Waals surface area contributed by atoms with Crippen LogP contribution in [-0.2, 0) is 6.42 Å². The lowest BCUT2D eigenvalue weighted by atomic mass is 9.84. The summed E-state index contributed by atoms with van der Waals surface area (Å²) in [6.07, 6.45) is 6.05. The zero-order valence-corrected chi connectivity index (χ0v) is 12.9. The first kappa shape index (κ1) is 14.0. The summed E-state index contributed by atoms with van der Waals surface area (Å²) in [5.41, 5.74) is 0.983. The maximum absolute atomic E-state index is 10.8. The van der Waals surface area contributed by atoms with Gasteiger partial charge in [-0.2, -0.15) is 0 Å². The molecular weight excluding hydrogens is 242 g/mol. The van der Waals surface area contributed by atoms with Gasteiger partial charge in [-0.3, -0.25) is 0 Å². The summed E-state index contributed by atoms with van der Waals surface area (Å²) in [4.78, 5) is 5.86. The van der Waals surface area contributed by atoms with E-state index >= 15 is 0 Å². The van der Waals surface area contributed by atoms with Gasteiger partial charge in [0.05, 0.1) is 16.3 Å². The lowest BCUT2D eigenvalue weighted by molar-refractivity contribution is 0.0225. The number of rotatable bonds is 2. The zero-order chi connectivity index (χ0) is 13.4. The second-order valence-corrected chi connectivity index (χ2v) is 7.96. The SMILES string of the molecule is Cc1nc(CC2(O)CCCC(C)(C)CC2)sc1C. The number of hydrogen-bond acceptors (Lipinski definition) is 3. The van der Waals surface area contributed by atoms with Crippen molar-refractivity contribution in [3.8, 4) is 0 Å². The molecule has 1 N–H and O–H groups in total. The third-order valence-corrected chi connectivity index (χ3v) is 5.39. The Bertz CT molecular complexity index is 405. The third kappa shape index (κ3) is 3.33. The minimum atomic E-state index is -0.523. The first-order valence-electron chi connectivity index (χ1n) is 6.95. The second-order valence-electron chi connectivity index (χ2n) is 6.67. The van der Waals surface area contributed by atoms with Crippen molar-refractivity contribution in [1.82, 2.24) is 4.98 Å². The van der Waals surface area contributed by atoms with Gasteiger partial charge < -0.3 is 5.11 Å². The molecule has 2 rings (SSSR count). The Labute approximate surface area is 114 Å². The number of aromatic nitrogens is 1. The molecule has 1 heterocycles. The smallest absolute Gasteiger partial charge is 0.0959 e. The van der Waals surface area contributed by atoms with Gasteiger partial charge in [0, 0.05) is 11.3 Å². The Kier molecular flexibility index (Phi) is 3.84. The van der Waals surface area contributed by atoms with E-state index in [0.29, 0.717) is 5.41 Å². The summed E-state index contributed by atoms with van der Waals surface area (Å²) in [7, 11) is 0. The van der Waals surface area contributed by atoms with Gasteiger partial charge in [0.25, 0.3) is 0 Å². The molecule has 3 heteroatoms. The van der Waals surface area contributed by atoms with E-state index in [4.69, 9.17) is 0 Å². The molecular formula is C15H25NOS. The number of thiazole rings is 1. The number of aliphatic hydroxyl groups is 1. The molecule has 1 aliphatic carbocycles. The van der Waals surface area contributed by atoms with Gasteiger partial charge in [-0.25, -0.2) is 4.98 Å². The fraction of sp³-hybridized carbons (Fsp3) is 0.800. The molecule has 1 saturated carbocycles. The van der Waals surface area contributed by atoms with Crippen molar-refractivity contribution in [2.24, 2.45) is 5.41 Å². The highest BCUT2D eigenvalue weighted by Crippen LogP contribution is 2.39. The van der Waals surface area contributed by atoms with Crippen LogP contribution in [0, 0.1) is 19.3 Å². The van der Waals surface area contributed by atoms with Crippen LogP contribution in [0.2, 0.25) is 0 Å². The summed E-state index contributed by atoms with van der Waals surface area (Å²) in [6.45, 7) is 8.79. The topological polar surface area (TPSA) is 33.1 Å². The number of aryl methyl sites for hydroxylation is 2. The van der Waals surface area contributed by atoms with Crippen molar-refractivity contribution in [2.75, 3.05) is 0 Å². The molecule has 18 heavy (non-hydrogen) atoms. The van der Waals surface area contributed by atoms with E-state index in [1.807, 2.05) is 0 Å². The molecule has 1 aromatic heterocycles. The first-order chi connectivity index (χ1) is 8.30. The van der Waals surface area contributed by atoms with Crippen molar-refractivity contribution in [3.63, 3.8) is 0 Å². The highest BCUT2D eigenvalue weighted by Gasteiger charge is 2.34. The van der Waals surface area contributed by atoms with Gasteiger partial charge >= 0.3 is 0 Å². The Balaban J connectivity index is 2.07. The molecule has 1 unspecified atom stereocenters. The number of hydrogen-bond donors (Lipinski definition) is 1. The summed E-state index contributed by atoms with van der Waals surface area (Å²) >= 11 is 1.74. The van der Waals surface area contributed by atoms with Crippen LogP contribution >= 0.6 is 11.3 Å². The fourth-order valence-electron chi connectivity index (χ4n) is 2.79. The Morgan fingerprint density at radius 3 is 2.50 bits per heavy atom. The van der Waals surface area contributed by atoms with E-state index in [1.54, 1.807) is 11.3 Å². The van der Waals surface area contributed by atoms with E-state index < -0.39 is 5.60 Å². The van der Waals surface area contributed by atoms with E-state index in [-0.39, 0.29) is 0 Å². The molecule has 1 atom stereocenters. The summed E-state index contributed by atoms with van der Waals surface area (Å²) in [5.74, 6) is 0. The van der Waals surface area contributed by atoms with Crippen LogP contribution in [0.25, 0.3) is 0 Å². The van der Waals surface area contributed by atoms with Crippen LogP contribution in [0.5, 0.6) is 0 Å². The Morgan fingerprint density at radius 2 is 1.89 bits per heavy atom. The maximum Gasteiger partial charge on any atom is 0.0959 e. The van der Waals surface area contributed by atoms with Gasteiger partial charge in [0.1, 0.15) is 0 Å². The van der Waals surface area contributed by atoms with E-state index in [9.17, 15) is 5.11 Å². The lowest BCUT2D eigenvalue weighted by Crippen LogP contribution is -2.31. The van der Waals surface area contributed by atoms with Crippen molar-refractivity contribution in [2.45, 2.75) is 71.8 Å². The normalized spacial score (nSPS) is 28.1. The van der Waals surface area contributed by atoms with Crippen molar-refractivity contribution in [1.29, 1.82) is 0 Å². The maximum atomic E-state index is 10.8. The van der Waals surface area contributed by atoms with Crippen LogP contribution < -0.4 is 0 Å². The van der Waals surface area contributed by atoms with Gasteiger partial charge in [-0.15, -0.1) is 11.3 Å². The Hall–Kier alpha value is -0.410. The van der Waals surface area contributed by atoms with Crippen LogP contribution in [0.15, 0.2) is 0 Å². The van der Waals surface area contributed by atoms with Crippen molar-refractivity contribution in [3.05, 3.63) is 15.6 Å². The molecule has 0 saturated heterocycles. The lowest BCUT2D eigenvalue weighted by Gasteiger charge is -2.27. The van der Waals surface area contributed by atoms with E-state index in [2.05, 4.69) is 32.7 Å². The molecule has 0 spiro atoms. The monoisotopic (exact) mass is 267 g/mol. The van der Waals surface area contributed by atoms with E-state index in [0.717, 1.165) is 42.8 Å². The summed E-state index contributed by atoms with van der Waals surface area (Å²) in [5, 5.41) is 11.9. The summed E-state index contributed by atoms with van der Waals surface area (Å²) in [6, 6.07) is 0. The molecule has 0 radical (unpaired) electrons. The quantitative estimate of drug-likeness (QED) is 0.821. The average molecular weight is 267 g/mol. The van der Waals surface area contributed by atoms with Gasteiger partial charge in [-0.1, -0.05) is 20.3 Å². The zero-order valence-electron chi connectivity index (χ0n) is 12.0. The molecule has 0 aliphatic heterocycles. The fourth-order valence-corrected chi connectivity index (χ4v) is 3.86. The van der Waals surface area contributed by atoms with E-state index in [1.165, 1.54) is 11.3 Å². The third-order valence-electron chi connectivity index (χ3n) is 4.32. The molecule has 102 valence electrons. The molecule has 1 aliphatic rings. The molecule has 0 aromatic carbocycles. The van der Waals surface area contributed by atoms with Crippen LogP contribution in [-0.4, -0.2) is 15.7 Å². The molecule has 0 bridgehead atoms. The molecule has 2 nitrogen and oxygen atoms in total. The minimum absolute atomic E-state index is 0.388. The molecule has 0 amide bonds. The predicted octanol–water partition coefficient (Wildman–Crippen LogP) is 4.02.